The molecule has 2 aliphatic rings. The molecule has 2 heterocycles. The molecule has 0 spiro atoms. The van der Waals surface area contributed by atoms with Gasteiger partial charge in [-0.3, -0.25) is 9.59 Å². The number of aryl methyl sites for hydroxylation is 2. The van der Waals surface area contributed by atoms with Crippen LogP contribution in [0.5, 0.6) is 0 Å². The third-order valence-corrected chi connectivity index (χ3v) is 5.65. The van der Waals surface area contributed by atoms with Crippen molar-refractivity contribution in [3.63, 3.8) is 0 Å². The number of hydrogen-bond acceptors (Lipinski definition) is 5. The van der Waals surface area contributed by atoms with Crippen molar-refractivity contribution in [2.75, 3.05) is 0 Å². The number of benzene rings is 1. The fourth-order valence-electron chi connectivity index (χ4n) is 3.88. The second-order valence-electron chi connectivity index (χ2n) is 7.87. The van der Waals surface area contributed by atoms with E-state index in [4.69, 9.17) is 5.11 Å². The monoisotopic (exact) mass is 399 g/mol. The fourth-order valence-corrected chi connectivity index (χ4v) is 3.88. The first-order chi connectivity index (χ1) is 13.8. The summed E-state index contributed by atoms with van der Waals surface area (Å²) in [6.07, 6.45) is 6.40. The Morgan fingerprint density at radius 2 is 1.86 bits per heavy atom. The van der Waals surface area contributed by atoms with E-state index in [1.807, 2.05) is 19.1 Å². The Labute approximate surface area is 170 Å². The van der Waals surface area contributed by atoms with Gasteiger partial charge in [-0.05, 0) is 61.8 Å². The minimum atomic E-state index is -1.11. The molecule has 2 aliphatic heterocycles. The van der Waals surface area contributed by atoms with Gasteiger partial charge >= 0.3 is 5.97 Å². The molecule has 3 rings (SSSR count). The van der Waals surface area contributed by atoms with Crippen molar-refractivity contribution in [1.29, 1.82) is 0 Å². The molecule has 0 bridgehead atoms. The summed E-state index contributed by atoms with van der Waals surface area (Å²) in [4.78, 5) is 27.6. The standard InChI is InChI=1S/C22H29N3O4/c1-13-11-16-15(7-5-3-4-6-8-19(26)27)9-10-17-20(21(28)25-22(29)24-17)23-18(16)12-14(13)2/h10-12,15,22,24,29H,3-9H2,1-2H3,(H,25,28)(H,26,27)/b17-10-,23-20?. The summed E-state index contributed by atoms with van der Waals surface area (Å²) < 4.78 is 0. The van der Waals surface area contributed by atoms with E-state index >= 15 is 0 Å². The number of carboxylic acids is 1. The first kappa shape index (κ1) is 21.0. The number of rotatable bonds is 7. The van der Waals surface area contributed by atoms with Crippen LogP contribution in [0, 0.1) is 13.8 Å². The van der Waals surface area contributed by atoms with E-state index < -0.39 is 12.3 Å². The van der Waals surface area contributed by atoms with Crippen LogP contribution < -0.4 is 10.6 Å². The van der Waals surface area contributed by atoms with Crippen molar-refractivity contribution in [3.05, 3.63) is 40.6 Å². The zero-order valence-corrected chi connectivity index (χ0v) is 17.0. The summed E-state index contributed by atoms with van der Waals surface area (Å²) in [6, 6.07) is 4.20. The van der Waals surface area contributed by atoms with E-state index in [9.17, 15) is 14.7 Å². The average molecular weight is 399 g/mol. The molecule has 1 aromatic carbocycles. The summed E-state index contributed by atoms with van der Waals surface area (Å²) in [6.45, 7) is 4.11. The van der Waals surface area contributed by atoms with Crippen molar-refractivity contribution >= 4 is 23.3 Å². The molecule has 4 N–H and O–H groups in total. The van der Waals surface area contributed by atoms with E-state index in [0.717, 1.165) is 48.9 Å². The van der Waals surface area contributed by atoms with Crippen molar-refractivity contribution in [2.24, 2.45) is 4.99 Å². The van der Waals surface area contributed by atoms with Gasteiger partial charge in [-0.1, -0.05) is 31.4 Å². The highest BCUT2D eigenvalue weighted by Crippen LogP contribution is 2.37. The second kappa shape index (κ2) is 9.22. The molecule has 156 valence electrons. The maximum atomic E-state index is 12.3. The largest absolute Gasteiger partial charge is 0.481 e. The molecule has 1 fully saturated rings. The number of carbonyl (C=O) groups excluding carboxylic acids is 1. The number of fused-ring (bicyclic) bond motifs is 2. The quantitative estimate of drug-likeness (QED) is 0.526. The summed E-state index contributed by atoms with van der Waals surface area (Å²) >= 11 is 0. The Kier molecular flexibility index (Phi) is 6.69. The van der Waals surface area contributed by atoms with Gasteiger partial charge in [0.25, 0.3) is 5.91 Å². The summed E-state index contributed by atoms with van der Waals surface area (Å²) in [5.41, 5.74) is 5.12. The van der Waals surface area contributed by atoms with Crippen molar-refractivity contribution in [2.45, 2.75) is 71.1 Å². The van der Waals surface area contributed by atoms with Gasteiger partial charge in [0.15, 0.2) is 5.71 Å². The van der Waals surface area contributed by atoms with Gasteiger partial charge in [-0.2, -0.15) is 0 Å². The molecule has 1 aromatic rings. The summed E-state index contributed by atoms with van der Waals surface area (Å²) in [7, 11) is 0. The summed E-state index contributed by atoms with van der Waals surface area (Å²) in [5, 5.41) is 23.9. The van der Waals surface area contributed by atoms with Crippen LogP contribution in [0.3, 0.4) is 0 Å². The number of amides is 1. The molecule has 7 heteroatoms. The highest BCUT2D eigenvalue weighted by molar-refractivity contribution is 6.46. The first-order valence-electron chi connectivity index (χ1n) is 10.2. The van der Waals surface area contributed by atoms with Crippen LogP contribution in [-0.4, -0.2) is 34.2 Å². The zero-order valence-electron chi connectivity index (χ0n) is 17.0. The molecule has 7 nitrogen and oxygen atoms in total. The van der Waals surface area contributed by atoms with E-state index in [-0.39, 0.29) is 18.2 Å². The maximum Gasteiger partial charge on any atom is 0.303 e. The van der Waals surface area contributed by atoms with Crippen LogP contribution in [0.15, 0.2) is 28.9 Å². The Morgan fingerprint density at radius 1 is 1.14 bits per heavy atom. The number of nitrogens with one attached hydrogen (secondary N) is 2. The molecule has 29 heavy (non-hydrogen) atoms. The Balaban J connectivity index is 1.81. The minimum absolute atomic E-state index is 0.227. The van der Waals surface area contributed by atoms with Crippen LogP contribution in [-0.2, 0) is 9.59 Å². The Bertz CT molecular complexity index is 860. The molecular formula is C22H29N3O4. The topological polar surface area (TPSA) is 111 Å². The van der Waals surface area contributed by atoms with E-state index in [1.165, 1.54) is 5.56 Å². The van der Waals surface area contributed by atoms with Crippen LogP contribution in [0.25, 0.3) is 0 Å². The van der Waals surface area contributed by atoms with Gasteiger partial charge < -0.3 is 20.8 Å². The predicted molar refractivity (Wildman–Crippen MR) is 111 cm³/mol. The molecule has 2 atom stereocenters. The Hall–Kier alpha value is -2.67. The third-order valence-electron chi connectivity index (χ3n) is 5.65. The number of nitrogens with zero attached hydrogens (tertiary/aromatic N) is 1. The van der Waals surface area contributed by atoms with Crippen molar-refractivity contribution in [3.8, 4) is 0 Å². The number of carboxylic acid groups (broad SMARTS) is 1. The average Bonchev–Trinajstić information content (AvgIpc) is 2.64. The molecule has 1 saturated heterocycles. The number of aliphatic carboxylic acids is 1. The normalized spacial score (nSPS) is 22.7. The molecule has 0 aromatic heterocycles. The minimum Gasteiger partial charge on any atom is -0.481 e. The lowest BCUT2D eigenvalue weighted by Crippen LogP contribution is -2.55. The fraction of sp³-hybridized carbons (Fsp3) is 0.500. The van der Waals surface area contributed by atoms with Gasteiger partial charge in [-0.15, -0.1) is 0 Å². The number of unbranched alkanes of at least 4 members (excludes halogenated alkanes) is 3. The number of hydrogen-bond donors (Lipinski definition) is 4. The highest BCUT2D eigenvalue weighted by atomic mass is 16.4. The van der Waals surface area contributed by atoms with Gasteiger partial charge in [0.2, 0.25) is 6.35 Å². The lowest BCUT2D eigenvalue weighted by Gasteiger charge is -2.28. The third kappa shape index (κ3) is 5.23. The van der Waals surface area contributed by atoms with E-state index in [0.29, 0.717) is 17.8 Å². The number of carbonyl (C=O) groups is 2. The van der Waals surface area contributed by atoms with Crippen LogP contribution in [0.4, 0.5) is 5.69 Å². The lowest BCUT2D eigenvalue weighted by molar-refractivity contribution is -0.137. The van der Waals surface area contributed by atoms with Crippen LogP contribution in [0.1, 0.15) is 67.6 Å². The van der Waals surface area contributed by atoms with Gasteiger partial charge in [-0.25, -0.2) is 4.99 Å². The van der Waals surface area contributed by atoms with Crippen molar-refractivity contribution in [1.82, 2.24) is 10.6 Å². The SMILES string of the molecule is Cc1cc2c(cc1C)C(CCCCCCC(=O)O)C/C=C1\NC(O)NC(=O)C1=N2. The zero-order chi connectivity index (χ0) is 21.0. The molecular weight excluding hydrogens is 370 g/mol. The lowest BCUT2D eigenvalue weighted by atomic mass is 9.86. The summed E-state index contributed by atoms with van der Waals surface area (Å²) in [5.74, 6) is -0.870. The molecule has 0 aliphatic carbocycles. The molecule has 1 amide bonds. The van der Waals surface area contributed by atoms with Crippen molar-refractivity contribution < 1.29 is 19.8 Å². The second-order valence-corrected chi connectivity index (χ2v) is 7.87. The van der Waals surface area contributed by atoms with Gasteiger partial charge in [0.05, 0.1) is 11.4 Å². The smallest absolute Gasteiger partial charge is 0.303 e. The number of aliphatic hydroxyl groups excluding tert-OH is 1. The molecule has 2 unspecified atom stereocenters. The van der Waals surface area contributed by atoms with Crippen LogP contribution >= 0.6 is 0 Å². The number of aliphatic imine (C=N–C) groups is 1. The first-order valence-corrected chi connectivity index (χ1v) is 10.2. The van der Waals surface area contributed by atoms with Gasteiger partial charge in [0.1, 0.15) is 0 Å². The molecule has 0 radical (unpaired) electrons. The predicted octanol–water partition coefficient (Wildman–Crippen LogP) is 3.17. The van der Waals surface area contributed by atoms with Crippen LogP contribution in [0.2, 0.25) is 0 Å². The molecule has 0 saturated carbocycles. The number of allylic oxidation sites excluding steroid dienone is 1. The highest BCUT2D eigenvalue weighted by Gasteiger charge is 2.29. The van der Waals surface area contributed by atoms with Gasteiger partial charge in [0, 0.05) is 6.42 Å². The number of aliphatic hydroxyl groups is 1. The maximum absolute atomic E-state index is 12.3. The Morgan fingerprint density at radius 3 is 2.62 bits per heavy atom. The van der Waals surface area contributed by atoms with E-state index in [1.54, 1.807) is 0 Å². The van der Waals surface area contributed by atoms with E-state index in [2.05, 4.69) is 28.6 Å².